The zero-order valence-corrected chi connectivity index (χ0v) is 12.6. The van der Waals surface area contributed by atoms with Crippen molar-refractivity contribution in [3.63, 3.8) is 0 Å². The van der Waals surface area contributed by atoms with E-state index in [4.69, 9.17) is 14.2 Å². The van der Waals surface area contributed by atoms with Crippen LogP contribution in [0, 0.1) is 0 Å². The zero-order valence-electron chi connectivity index (χ0n) is 12.6. The molecule has 1 aliphatic heterocycles. The van der Waals surface area contributed by atoms with Crippen LogP contribution in [0.1, 0.15) is 18.4 Å². The van der Waals surface area contributed by atoms with E-state index in [0.29, 0.717) is 18.0 Å². The molecule has 0 bridgehead atoms. The SMILES string of the molecule is COc1ccc(NCc2cccnc2)cc1OC1CCCO1. The fourth-order valence-electron chi connectivity index (χ4n) is 2.37. The standard InChI is InChI=1S/C17H20N2O3/c1-20-15-7-6-14(19-12-13-4-2-8-18-11-13)10-16(15)22-17-5-3-9-21-17/h2,4,6-8,10-11,17,19H,3,5,9,12H2,1H3. The number of methoxy groups -OCH3 is 1. The molecule has 0 amide bonds. The Kier molecular flexibility index (Phi) is 4.75. The summed E-state index contributed by atoms with van der Waals surface area (Å²) in [5, 5.41) is 3.36. The molecule has 5 nitrogen and oxygen atoms in total. The molecule has 1 aliphatic rings. The summed E-state index contributed by atoms with van der Waals surface area (Å²) in [6.07, 6.45) is 5.38. The van der Waals surface area contributed by atoms with Gasteiger partial charge in [0, 0.05) is 37.1 Å². The van der Waals surface area contributed by atoms with Crippen molar-refractivity contribution in [1.82, 2.24) is 4.98 Å². The molecular weight excluding hydrogens is 280 g/mol. The third-order valence-corrected chi connectivity index (χ3v) is 3.53. The van der Waals surface area contributed by atoms with Gasteiger partial charge in [0.15, 0.2) is 17.8 Å². The molecule has 2 heterocycles. The Morgan fingerprint density at radius 2 is 2.27 bits per heavy atom. The van der Waals surface area contributed by atoms with Crippen molar-refractivity contribution in [3.05, 3.63) is 48.3 Å². The molecule has 2 aromatic rings. The van der Waals surface area contributed by atoms with Crippen molar-refractivity contribution >= 4 is 5.69 Å². The van der Waals surface area contributed by atoms with E-state index in [-0.39, 0.29) is 6.29 Å². The molecule has 1 fully saturated rings. The van der Waals surface area contributed by atoms with E-state index in [1.807, 2.05) is 36.5 Å². The molecule has 22 heavy (non-hydrogen) atoms. The highest BCUT2D eigenvalue weighted by molar-refractivity contribution is 5.55. The van der Waals surface area contributed by atoms with Gasteiger partial charge in [-0.05, 0) is 30.2 Å². The lowest BCUT2D eigenvalue weighted by atomic mass is 10.2. The van der Waals surface area contributed by atoms with Crippen LogP contribution in [0.4, 0.5) is 5.69 Å². The number of rotatable bonds is 6. The Morgan fingerprint density at radius 3 is 3.00 bits per heavy atom. The molecule has 0 saturated carbocycles. The molecule has 5 heteroatoms. The highest BCUT2D eigenvalue weighted by Crippen LogP contribution is 2.32. The molecule has 3 rings (SSSR count). The molecule has 1 aromatic carbocycles. The third-order valence-electron chi connectivity index (χ3n) is 3.53. The summed E-state index contributed by atoms with van der Waals surface area (Å²) in [5.74, 6) is 1.41. The van der Waals surface area contributed by atoms with Crippen molar-refractivity contribution in [2.24, 2.45) is 0 Å². The van der Waals surface area contributed by atoms with Gasteiger partial charge < -0.3 is 19.5 Å². The minimum atomic E-state index is -0.178. The summed E-state index contributed by atoms with van der Waals surface area (Å²) in [7, 11) is 1.64. The van der Waals surface area contributed by atoms with Crippen LogP contribution < -0.4 is 14.8 Å². The maximum Gasteiger partial charge on any atom is 0.200 e. The van der Waals surface area contributed by atoms with Crippen LogP contribution in [0.3, 0.4) is 0 Å². The average Bonchev–Trinajstić information content (AvgIpc) is 3.07. The molecule has 116 valence electrons. The number of ether oxygens (including phenoxy) is 3. The van der Waals surface area contributed by atoms with Gasteiger partial charge in [-0.25, -0.2) is 0 Å². The lowest BCUT2D eigenvalue weighted by molar-refractivity contribution is -0.0402. The van der Waals surface area contributed by atoms with E-state index in [2.05, 4.69) is 10.3 Å². The van der Waals surface area contributed by atoms with Crippen molar-refractivity contribution in [2.75, 3.05) is 19.0 Å². The molecular formula is C17H20N2O3. The first-order valence-electron chi connectivity index (χ1n) is 7.44. The molecule has 1 atom stereocenters. The van der Waals surface area contributed by atoms with Crippen LogP contribution >= 0.6 is 0 Å². The van der Waals surface area contributed by atoms with E-state index in [1.165, 1.54) is 0 Å². The highest BCUT2D eigenvalue weighted by Gasteiger charge is 2.19. The van der Waals surface area contributed by atoms with E-state index in [1.54, 1.807) is 13.3 Å². The van der Waals surface area contributed by atoms with Gasteiger partial charge in [0.25, 0.3) is 0 Å². The Balaban J connectivity index is 1.69. The van der Waals surface area contributed by atoms with E-state index in [9.17, 15) is 0 Å². The molecule has 0 aliphatic carbocycles. The van der Waals surface area contributed by atoms with Crippen LogP contribution in [-0.4, -0.2) is 25.0 Å². The van der Waals surface area contributed by atoms with Crippen LogP contribution in [0.25, 0.3) is 0 Å². The maximum absolute atomic E-state index is 5.89. The normalized spacial score (nSPS) is 17.2. The topological polar surface area (TPSA) is 52.6 Å². The summed E-state index contributed by atoms with van der Waals surface area (Å²) in [6.45, 7) is 1.46. The van der Waals surface area contributed by atoms with Crippen LogP contribution in [0.5, 0.6) is 11.5 Å². The molecule has 1 unspecified atom stereocenters. The minimum absolute atomic E-state index is 0.178. The largest absolute Gasteiger partial charge is 0.493 e. The molecule has 0 spiro atoms. The second-order valence-electron chi connectivity index (χ2n) is 5.14. The number of benzene rings is 1. The number of hydrogen-bond donors (Lipinski definition) is 1. The minimum Gasteiger partial charge on any atom is -0.493 e. The number of anilines is 1. The Labute approximate surface area is 130 Å². The van der Waals surface area contributed by atoms with Gasteiger partial charge in [-0.2, -0.15) is 0 Å². The first kappa shape index (κ1) is 14.7. The summed E-state index contributed by atoms with van der Waals surface area (Å²) < 4.78 is 16.8. The Bertz CT molecular complexity index is 598. The van der Waals surface area contributed by atoms with Gasteiger partial charge in [0.2, 0.25) is 0 Å². The number of nitrogens with zero attached hydrogens (tertiary/aromatic N) is 1. The Morgan fingerprint density at radius 1 is 1.32 bits per heavy atom. The van der Waals surface area contributed by atoms with E-state index in [0.717, 1.165) is 30.7 Å². The van der Waals surface area contributed by atoms with E-state index < -0.39 is 0 Å². The third kappa shape index (κ3) is 3.68. The van der Waals surface area contributed by atoms with Gasteiger partial charge in [0.05, 0.1) is 13.7 Å². The van der Waals surface area contributed by atoms with E-state index >= 15 is 0 Å². The van der Waals surface area contributed by atoms with Crippen molar-refractivity contribution < 1.29 is 14.2 Å². The number of aromatic nitrogens is 1. The summed E-state index contributed by atoms with van der Waals surface area (Å²) in [5.41, 5.74) is 2.09. The van der Waals surface area contributed by atoms with Crippen molar-refractivity contribution in [2.45, 2.75) is 25.7 Å². The molecule has 1 N–H and O–H groups in total. The molecule has 0 radical (unpaired) electrons. The van der Waals surface area contributed by atoms with Gasteiger partial charge in [0.1, 0.15) is 0 Å². The van der Waals surface area contributed by atoms with Gasteiger partial charge >= 0.3 is 0 Å². The summed E-state index contributed by atoms with van der Waals surface area (Å²) in [4.78, 5) is 4.11. The lowest BCUT2D eigenvalue weighted by Crippen LogP contribution is -2.14. The smallest absolute Gasteiger partial charge is 0.200 e. The predicted molar refractivity (Wildman–Crippen MR) is 84.2 cm³/mol. The quantitative estimate of drug-likeness (QED) is 0.887. The second-order valence-corrected chi connectivity index (χ2v) is 5.14. The first-order chi connectivity index (χ1) is 10.8. The van der Waals surface area contributed by atoms with Crippen LogP contribution in [-0.2, 0) is 11.3 Å². The maximum atomic E-state index is 5.89. The number of pyridine rings is 1. The van der Waals surface area contributed by atoms with Gasteiger partial charge in [-0.1, -0.05) is 6.07 Å². The van der Waals surface area contributed by atoms with Crippen molar-refractivity contribution in [1.29, 1.82) is 0 Å². The Hall–Kier alpha value is -2.27. The summed E-state index contributed by atoms with van der Waals surface area (Å²) >= 11 is 0. The van der Waals surface area contributed by atoms with Crippen LogP contribution in [0.2, 0.25) is 0 Å². The fraction of sp³-hybridized carbons (Fsp3) is 0.353. The monoisotopic (exact) mass is 300 g/mol. The predicted octanol–water partition coefficient (Wildman–Crippen LogP) is 3.22. The zero-order chi connectivity index (χ0) is 15.2. The second kappa shape index (κ2) is 7.13. The average molecular weight is 300 g/mol. The van der Waals surface area contributed by atoms with Gasteiger partial charge in [-0.3, -0.25) is 4.98 Å². The highest BCUT2D eigenvalue weighted by atomic mass is 16.7. The van der Waals surface area contributed by atoms with Gasteiger partial charge in [-0.15, -0.1) is 0 Å². The fourth-order valence-corrected chi connectivity index (χ4v) is 2.37. The summed E-state index contributed by atoms with van der Waals surface area (Å²) in [6, 6.07) is 9.77. The lowest BCUT2D eigenvalue weighted by Gasteiger charge is -2.17. The number of hydrogen-bond acceptors (Lipinski definition) is 5. The molecule has 1 saturated heterocycles. The van der Waals surface area contributed by atoms with Crippen molar-refractivity contribution in [3.8, 4) is 11.5 Å². The number of nitrogens with one attached hydrogen (secondary N) is 1. The van der Waals surface area contributed by atoms with Crippen LogP contribution in [0.15, 0.2) is 42.7 Å². The first-order valence-corrected chi connectivity index (χ1v) is 7.44. The molecule has 1 aromatic heterocycles.